The lowest BCUT2D eigenvalue weighted by Crippen LogP contribution is -2.25. The minimum Gasteiger partial charge on any atom is -0.355 e. The van der Waals surface area contributed by atoms with Gasteiger partial charge in [-0.1, -0.05) is 37.1 Å². The van der Waals surface area contributed by atoms with Gasteiger partial charge in [0.25, 0.3) is 5.91 Å². The maximum absolute atomic E-state index is 12.7. The fourth-order valence-electron chi connectivity index (χ4n) is 3.73. The van der Waals surface area contributed by atoms with Gasteiger partial charge in [0.1, 0.15) is 0 Å². The molecule has 30 heavy (non-hydrogen) atoms. The van der Waals surface area contributed by atoms with Crippen LogP contribution in [0.2, 0.25) is 0 Å². The van der Waals surface area contributed by atoms with Crippen molar-refractivity contribution in [1.82, 2.24) is 10.2 Å². The van der Waals surface area contributed by atoms with Crippen LogP contribution in [0.4, 0.5) is 11.5 Å². The fourth-order valence-corrected chi connectivity index (χ4v) is 4.33. The van der Waals surface area contributed by atoms with Crippen LogP contribution in [-0.4, -0.2) is 35.4 Å². The Kier molecular flexibility index (Phi) is 6.64. The number of thioether (sulfide) groups is 1. The Morgan fingerprint density at radius 2 is 1.73 bits per heavy atom. The first-order valence-corrected chi connectivity index (χ1v) is 11.6. The minimum absolute atomic E-state index is 0.111. The number of benzene rings is 2. The first-order chi connectivity index (χ1) is 14.7. The number of aromatic nitrogens is 2. The van der Waals surface area contributed by atoms with Crippen LogP contribution in [0, 0.1) is 0 Å². The zero-order valence-electron chi connectivity index (χ0n) is 17.2. The second kappa shape index (κ2) is 9.76. The summed E-state index contributed by atoms with van der Waals surface area (Å²) in [6.07, 6.45) is 6.99. The van der Waals surface area contributed by atoms with E-state index in [1.807, 2.05) is 66.9 Å². The van der Waals surface area contributed by atoms with Gasteiger partial charge in [0.15, 0.2) is 5.82 Å². The first kappa shape index (κ1) is 20.4. The largest absolute Gasteiger partial charge is 0.355 e. The highest BCUT2D eigenvalue weighted by atomic mass is 32.2. The number of carbonyl (C=O) groups excluding carboxylic acids is 1. The summed E-state index contributed by atoms with van der Waals surface area (Å²) in [7, 11) is 0. The molecule has 6 heteroatoms. The van der Waals surface area contributed by atoms with Crippen molar-refractivity contribution in [2.45, 2.75) is 30.6 Å². The molecule has 0 unspecified atom stereocenters. The Morgan fingerprint density at radius 1 is 0.933 bits per heavy atom. The molecule has 0 radical (unpaired) electrons. The highest BCUT2D eigenvalue weighted by Gasteiger charge is 2.13. The Bertz CT molecular complexity index is 998. The molecule has 0 atom stereocenters. The zero-order valence-corrected chi connectivity index (χ0v) is 18.0. The molecular formula is C24H26N4OS. The third-order valence-corrected chi connectivity index (χ3v) is 6.14. The average Bonchev–Trinajstić information content (AvgIpc) is 3.09. The van der Waals surface area contributed by atoms with E-state index < -0.39 is 0 Å². The summed E-state index contributed by atoms with van der Waals surface area (Å²) in [6.45, 7) is 2.10. The Balaban J connectivity index is 1.49. The van der Waals surface area contributed by atoms with Crippen LogP contribution in [0.15, 0.2) is 65.6 Å². The van der Waals surface area contributed by atoms with Crippen LogP contribution in [0.5, 0.6) is 0 Å². The molecule has 1 aliphatic heterocycles. The van der Waals surface area contributed by atoms with E-state index in [1.165, 1.54) is 25.7 Å². The number of nitrogens with one attached hydrogen (secondary N) is 1. The molecule has 3 aromatic rings. The molecule has 4 rings (SSSR count). The second-order valence-corrected chi connectivity index (χ2v) is 8.26. The molecule has 1 aromatic heterocycles. The molecule has 1 aliphatic rings. The molecule has 0 bridgehead atoms. The van der Waals surface area contributed by atoms with Crippen LogP contribution in [0.25, 0.3) is 11.3 Å². The number of carbonyl (C=O) groups is 1. The van der Waals surface area contributed by atoms with E-state index in [1.54, 1.807) is 11.8 Å². The predicted molar refractivity (Wildman–Crippen MR) is 124 cm³/mol. The summed E-state index contributed by atoms with van der Waals surface area (Å²) in [5.74, 6) is 0.832. The number of hydrogen-bond acceptors (Lipinski definition) is 5. The molecule has 1 fully saturated rings. The van der Waals surface area contributed by atoms with Crippen LogP contribution in [0.1, 0.15) is 36.0 Å². The molecule has 0 saturated carbocycles. The zero-order chi connectivity index (χ0) is 20.8. The third kappa shape index (κ3) is 4.82. The van der Waals surface area contributed by atoms with E-state index in [9.17, 15) is 4.79 Å². The lowest BCUT2D eigenvalue weighted by atomic mass is 10.1. The summed E-state index contributed by atoms with van der Waals surface area (Å²) < 4.78 is 0. The van der Waals surface area contributed by atoms with Crippen molar-refractivity contribution in [2.24, 2.45) is 0 Å². The van der Waals surface area contributed by atoms with Gasteiger partial charge in [-0.15, -0.1) is 22.0 Å². The highest BCUT2D eigenvalue weighted by Crippen LogP contribution is 2.25. The SMILES string of the molecule is CSc1ccccc1C(=O)Nc1cccc(-c2ccc(N3CCCCCC3)nn2)c1. The van der Waals surface area contributed by atoms with E-state index in [4.69, 9.17) is 0 Å². The van der Waals surface area contributed by atoms with Gasteiger partial charge in [0.05, 0.1) is 11.3 Å². The maximum Gasteiger partial charge on any atom is 0.256 e. The van der Waals surface area contributed by atoms with Gasteiger partial charge in [-0.3, -0.25) is 4.79 Å². The van der Waals surface area contributed by atoms with Crippen LogP contribution in [0.3, 0.4) is 0 Å². The van der Waals surface area contributed by atoms with Crippen molar-refractivity contribution in [3.05, 3.63) is 66.2 Å². The molecule has 1 N–H and O–H groups in total. The quantitative estimate of drug-likeness (QED) is 0.555. The molecule has 2 heterocycles. The van der Waals surface area contributed by atoms with E-state index in [-0.39, 0.29) is 5.91 Å². The third-order valence-electron chi connectivity index (χ3n) is 5.35. The Labute approximate surface area is 181 Å². The van der Waals surface area contributed by atoms with Crippen molar-refractivity contribution >= 4 is 29.2 Å². The molecule has 0 aliphatic carbocycles. The number of nitrogens with zero attached hydrogens (tertiary/aromatic N) is 3. The van der Waals surface area contributed by atoms with Gasteiger partial charge >= 0.3 is 0 Å². The van der Waals surface area contributed by atoms with Crippen molar-refractivity contribution < 1.29 is 4.79 Å². The van der Waals surface area contributed by atoms with Gasteiger partial charge < -0.3 is 10.2 Å². The molecular weight excluding hydrogens is 392 g/mol. The van der Waals surface area contributed by atoms with Crippen LogP contribution < -0.4 is 10.2 Å². The standard InChI is InChI=1S/C24H26N4OS/c1-30-22-12-5-4-11-20(22)24(29)25-19-10-8-9-18(17-19)21-13-14-23(27-26-21)28-15-6-2-3-7-16-28/h4-5,8-14,17H,2-3,6-7,15-16H2,1H3,(H,25,29). The lowest BCUT2D eigenvalue weighted by molar-refractivity contribution is 0.102. The lowest BCUT2D eigenvalue weighted by Gasteiger charge is -2.20. The van der Waals surface area contributed by atoms with Gasteiger partial charge in [-0.2, -0.15) is 0 Å². The number of amides is 1. The minimum atomic E-state index is -0.111. The van der Waals surface area contributed by atoms with Gasteiger partial charge in [-0.05, 0) is 55.5 Å². The molecule has 5 nitrogen and oxygen atoms in total. The molecule has 1 amide bonds. The van der Waals surface area contributed by atoms with Crippen molar-refractivity contribution in [1.29, 1.82) is 0 Å². The molecule has 154 valence electrons. The number of rotatable bonds is 5. The fraction of sp³-hybridized carbons (Fsp3) is 0.292. The number of anilines is 2. The molecule has 2 aromatic carbocycles. The van der Waals surface area contributed by atoms with E-state index in [0.29, 0.717) is 5.56 Å². The smallest absolute Gasteiger partial charge is 0.256 e. The van der Waals surface area contributed by atoms with Crippen LogP contribution in [-0.2, 0) is 0 Å². The summed E-state index contributed by atoms with van der Waals surface area (Å²) in [6, 6.07) is 19.4. The van der Waals surface area contributed by atoms with E-state index >= 15 is 0 Å². The van der Waals surface area contributed by atoms with Crippen molar-refractivity contribution in [3.63, 3.8) is 0 Å². The summed E-state index contributed by atoms with van der Waals surface area (Å²) >= 11 is 1.57. The maximum atomic E-state index is 12.7. The molecule has 1 saturated heterocycles. The Hall–Kier alpha value is -2.86. The number of hydrogen-bond donors (Lipinski definition) is 1. The summed E-state index contributed by atoms with van der Waals surface area (Å²) in [4.78, 5) is 16.0. The average molecular weight is 419 g/mol. The second-order valence-electron chi connectivity index (χ2n) is 7.41. The normalized spacial score (nSPS) is 14.2. The van der Waals surface area contributed by atoms with Crippen molar-refractivity contribution in [2.75, 3.05) is 29.6 Å². The summed E-state index contributed by atoms with van der Waals surface area (Å²) in [5, 5.41) is 11.9. The predicted octanol–water partition coefficient (Wildman–Crippen LogP) is 5.50. The van der Waals surface area contributed by atoms with Gasteiger partial charge in [0.2, 0.25) is 0 Å². The van der Waals surface area contributed by atoms with Gasteiger partial charge in [0, 0.05) is 29.2 Å². The van der Waals surface area contributed by atoms with E-state index in [0.717, 1.165) is 40.7 Å². The van der Waals surface area contributed by atoms with E-state index in [2.05, 4.69) is 20.4 Å². The molecule has 0 spiro atoms. The topological polar surface area (TPSA) is 58.1 Å². The van der Waals surface area contributed by atoms with Gasteiger partial charge in [-0.25, -0.2) is 0 Å². The van der Waals surface area contributed by atoms with Crippen LogP contribution >= 0.6 is 11.8 Å². The summed E-state index contributed by atoms with van der Waals surface area (Å²) in [5.41, 5.74) is 3.15. The Morgan fingerprint density at radius 3 is 2.47 bits per heavy atom. The highest BCUT2D eigenvalue weighted by molar-refractivity contribution is 7.98. The van der Waals surface area contributed by atoms with Crippen molar-refractivity contribution in [3.8, 4) is 11.3 Å². The first-order valence-electron chi connectivity index (χ1n) is 10.4. The monoisotopic (exact) mass is 418 g/mol.